The Labute approximate surface area is 137 Å². The summed E-state index contributed by atoms with van der Waals surface area (Å²) >= 11 is 9.32. The highest BCUT2D eigenvalue weighted by Gasteiger charge is 2.17. The van der Waals surface area contributed by atoms with E-state index in [0.717, 1.165) is 21.5 Å². The van der Waals surface area contributed by atoms with Crippen LogP contribution in [0.3, 0.4) is 0 Å². The van der Waals surface area contributed by atoms with Crippen LogP contribution in [0.1, 0.15) is 41.6 Å². The first-order chi connectivity index (χ1) is 9.79. The normalized spacial score (nSPS) is 11.0. The Balaban J connectivity index is 2.32. The number of hydrogen-bond donors (Lipinski definition) is 1. The average Bonchev–Trinajstić information content (AvgIpc) is 2.65. The lowest BCUT2D eigenvalue weighted by Crippen LogP contribution is -2.13. The maximum absolute atomic E-state index is 12.4. The molecule has 1 amide bonds. The van der Waals surface area contributed by atoms with Gasteiger partial charge in [-0.2, -0.15) is 5.10 Å². The zero-order valence-corrected chi connectivity index (χ0v) is 14.7. The number of amides is 1. The highest BCUT2D eigenvalue weighted by Crippen LogP contribution is 2.24. The molecule has 0 saturated heterocycles. The number of anilines is 1. The predicted molar refractivity (Wildman–Crippen MR) is 89.2 cm³/mol. The summed E-state index contributed by atoms with van der Waals surface area (Å²) in [5.41, 5.74) is 3.00. The van der Waals surface area contributed by atoms with Gasteiger partial charge in [0.1, 0.15) is 0 Å². The smallest absolute Gasteiger partial charge is 0.255 e. The molecule has 0 aliphatic rings. The van der Waals surface area contributed by atoms with Gasteiger partial charge < -0.3 is 5.32 Å². The number of hydrogen-bond acceptors (Lipinski definition) is 2. The molecule has 2 rings (SSSR count). The molecule has 0 fully saturated rings. The van der Waals surface area contributed by atoms with Crippen molar-refractivity contribution >= 4 is 39.1 Å². The van der Waals surface area contributed by atoms with Gasteiger partial charge in [-0.3, -0.25) is 9.48 Å². The van der Waals surface area contributed by atoms with Crippen LogP contribution in [0, 0.1) is 13.8 Å². The molecular formula is C15H17BrClN3O. The largest absolute Gasteiger partial charge is 0.319 e. The van der Waals surface area contributed by atoms with E-state index in [-0.39, 0.29) is 11.9 Å². The predicted octanol–water partition coefficient (Wildman–Crippen LogP) is 4.75. The molecule has 1 N–H and O–H groups in total. The van der Waals surface area contributed by atoms with Crippen molar-refractivity contribution in [1.29, 1.82) is 0 Å². The molecule has 2 aromatic rings. The molecule has 4 nitrogen and oxygen atoms in total. The van der Waals surface area contributed by atoms with E-state index >= 15 is 0 Å². The fraction of sp³-hybridized carbons (Fsp3) is 0.333. The van der Waals surface area contributed by atoms with E-state index in [4.69, 9.17) is 11.6 Å². The first kappa shape index (κ1) is 16.0. The second kappa shape index (κ2) is 6.20. The Morgan fingerprint density at radius 1 is 1.33 bits per heavy atom. The third kappa shape index (κ3) is 3.47. The number of nitrogens with zero attached hydrogens (tertiary/aromatic N) is 2. The molecule has 0 unspecified atom stereocenters. The number of carbonyl (C=O) groups excluding carboxylic acids is 1. The zero-order chi connectivity index (χ0) is 15.7. The molecule has 0 saturated carbocycles. The minimum Gasteiger partial charge on any atom is -0.319 e. The van der Waals surface area contributed by atoms with Crippen LogP contribution in [0.25, 0.3) is 0 Å². The van der Waals surface area contributed by atoms with Gasteiger partial charge in [-0.15, -0.1) is 0 Å². The molecule has 1 aromatic carbocycles. The minimum absolute atomic E-state index is 0.201. The Morgan fingerprint density at radius 3 is 2.52 bits per heavy atom. The van der Waals surface area contributed by atoms with E-state index in [1.165, 1.54) is 0 Å². The van der Waals surface area contributed by atoms with Gasteiger partial charge in [0.05, 0.1) is 17.1 Å². The van der Waals surface area contributed by atoms with Gasteiger partial charge in [0.2, 0.25) is 0 Å². The summed E-state index contributed by atoms with van der Waals surface area (Å²) in [7, 11) is 0. The van der Waals surface area contributed by atoms with Crippen molar-refractivity contribution in [2.24, 2.45) is 0 Å². The fourth-order valence-electron chi connectivity index (χ4n) is 2.22. The molecule has 1 heterocycles. The number of halogens is 2. The summed E-state index contributed by atoms with van der Waals surface area (Å²) in [6.45, 7) is 7.94. The topological polar surface area (TPSA) is 46.9 Å². The van der Waals surface area contributed by atoms with Crippen molar-refractivity contribution in [2.75, 3.05) is 5.32 Å². The van der Waals surface area contributed by atoms with Crippen molar-refractivity contribution in [2.45, 2.75) is 33.7 Å². The van der Waals surface area contributed by atoms with E-state index in [2.05, 4.69) is 40.2 Å². The van der Waals surface area contributed by atoms with Crippen LogP contribution in [0.15, 0.2) is 22.7 Å². The van der Waals surface area contributed by atoms with E-state index in [0.29, 0.717) is 10.6 Å². The van der Waals surface area contributed by atoms with E-state index in [9.17, 15) is 4.79 Å². The highest BCUT2D eigenvalue weighted by atomic mass is 79.9. The molecule has 1 aromatic heterocycles. The van der Waals surface area contributed by atoms with Crippen molar-refractivity contribution in [3.05, 3.63) is 44.6 Å². The summed E-state index contributed by atoms with van der Waals surface area (Å²) in [6.07, 6.45) is 0. The van der Waals surface area contributed by atoms with E-state index in [1.807, 2.05) is 18.5 Å². The van der Waals surface area contributed by atoms with Gasteiger partial charge in [0.15, 0.2) is 0 Å². The molecule has 21 heavy (non-hydrogen) atoms. The summed E-state index contributed by atoms with van der Waals surface area (Å²) in [5.74, 6) is -0.201. The molecule has 0 radical (unpaired) electrons. The van der Waals surface area contributed by atoms with Crippen LogP contribution in [-0.4, -0.2) is 15.7 Å². The Hall–Kier alpha value is -1.33. The van der Waals surface area contributed by atoms with Crippen LogP contribution >= 0.6 is 27.5 Å². The van der Waals surface area contributed by atoms with Crippen LogP contribution in [0.5, 0.6) is 0 Å². The number of carbonyl (C=O) groups is 1. The third-order valence-electron chi connectivity index (χ3n) is 3.18. The van der Waals surface area contributed by atoms with Crippen molar-refractivity contribution in [3.63, 3.8) is 0 Å². The van der Waals surface area contributed by atoms with Crippen molar-refractivity contribution < 1.29 is 4.79 Å². The number of aromatic nitrogens is 2. The molecule has 0 aliphatic heterocycles. The Kier molecular flexibility index (Phi) is 4.74. The zero-order valence-electron chi connectivity index (χ0n) is 12.4. The average molecular weight is 371 g/mol. The van der Waals surface area contributed by atoms with E-state index in [1.54, 1.807) is 18.2 Å². The van der Waals surface area contributed by atoms with Crippen LogP contribution in [0.2, 0.25) is 5.02 Å². The molecule has 0 spiro atoms. The number of aryl methyl sites for hydroxylation is 1. The Bertz CT molecular complexity index is 674. The lowest BCUT2D eigenvalue weighted by Gasteiger charge is -2.09. The number of nitrogens with one attached hydrogen (secondary N) is 1. The summed E-state index contributed by atoms with van der Waals surface area (Å²) < 4.78 is 2.67. The molecule has 0 bridgehead atoms. The molecule has 0 atom stereocenters. The summed E-state index contributed by atoms with van der Waals surface area (Å²) in [5, 5.41) is 7.90. The fourth-order valence-corrected chi connectivity index (χ4v) is 3.08. The van der Waals surface area contributed by atoms with Crippen LogP contribution in [0.4, 0.5) is 5.69 Å². The second-order valence-corrected chi connectivity index (χ2v) is 6.55. The first-order valence-corrected chi connectivity index (χ1v) is 7.80. The molecule has 6 heteroatoms. The molecular weight excluding hydrogens is 354 g/mol. The first-order valence-electron chi connectivity index (χ1n) is 6.62. The van der Waals surface area contributed by atoms with Crippen molar-refractivity contribution in [1.82, 2.24) is 9.78 Å². The Morgan fingerprint density at radius 2 is 2.00 bits per heavy atom. The van der Waals surface area contributed by atoms with Gasteiger partial charge in [-0.1, -0.05) is 27.5 Å². The summed E-state index contributed by atoms with van der Waals surface area (Å²) in [6, 6.07) is 5.36. The maximum atomic E-state index is 12.4. The lowest BCUT2D eigenvalue weighted by atomic mass is 10.2. The van der Waals surface area contributed by atoms with Gasteiger partial charge in [0, 0.05) is 21.1 Å². The highest BCUT2D eigenvalue weighted by molar-refractivity contribution is 9.10. The van der Waals surface area contributed by atoms with Crippen molar-refractivity contribution in [3.8, 4) is 0 Å². The van der Waals surface area contributed by atoms with Gasteiger partial charge in [-0.05, 0) is 45.9 Å². The van der Waals surface area contributed by atoms with Crippen LogP contribution < -0.4 is 5.32 Å². The third-order valence-corrected chi connectivity index (χ3v) is 3.85. The minimum atomic E-state index is -0.201. The van der Waals surface area contributed by atoms with Gasteiger partial charge >= 0.3 is 0 Å². The van der Waals surface area contributed by atoms with Gasteiger partial charge in [0.25, 0.3) is 5.91 Å². The standard InChI is InChI=1S/C15H17BrClN3O/c1-8(2)20-10(4)14(9(3)19-20)18-15(21)11-5-12(16)7-13(17)6-11/h5-8H,1-4H3,(H,18,21). The lowest BCUT2D eigenvalue weighted by molar-refractivity contribution is 0.102. The summed E-state index contributed by atoms with van der Waals surface area (Å²) in [4.78, 5) is 12.4. The quantitative estimate of drug-likeness (QED) is 0.847. The second-order valence-electron chi connectivity index (χ2n) is 5.20. The maximum Gasteiger partial charge on any atom is 0.255 e. The monoisotopic (exact) mass is 369 g/mol. The number of rotatable bonds is 3. The van der Waals surface area contributed by atoms with E-state index < -0.39 is 0 Å². The van der Waals surface area contributed by atoms with Crippen LogP contribution in [-0.2, 0) is 0 Å². The molecule has 0 aliphatic carbocycles. The number of benzene rings is 1. The SMILES string of the molecule is Cc1nn(C(C)C)c(C)c1NC(=O)c1cc(Cl)cc(Br)c1. The van der Waals surface area contributed by atoms with Gasteiger partial charge in [-0.25, -0.2) is 0 Å². The molecule has 112 valence electrons.